The molecule has 0 fully saturated rings. The number of benzene rings is 14. The van der Waals surface area contributed by atoms with Gasteiger partial charge in [0, 0.05) is 77.6 Å². The van der Waals surface area contributed by atoms with Gasteiger partial charge in [0.15, 0.2) is 0 Å². The second-order valence-electron chi connectivity index (χ2n) is 38.3. The zero-order valence-corrected chi connectivity index (χ0v) is 69.1. The number of hydrogen-bond acceptors (Lipinski definition) is 2. The van der Waals surface area contributed by atoms with Gasteiger partial charge in [0.1, 0.15) is 0 Å². The van der Waals surface area contributed by atoms with E-state index in [1.54, 1.807) is 0 Å². The number of nitrogens with zero attached hydrogens (tertiary/aromatic N) is 5. The molecule has 0 unspecified atom stereocenters. The molecule has 2 aliphatic heterocycles. The summed E-state index contributed by atoms with van der Waals surface area (Å²) in [5, 5.41) is 7.08. The first-order chi connectivity index (χ1) is 56.4. The minimum atomic E-state index is -0.458. The maximum atomic E-state index is 9.71. The Kier molecular flexibility index (Phi) is 15.1. The lowest BCUT2D eigenvalue weighted by molar-refractivity contribution is 0.590. The lowest BCUT2D eigenvalue weighted by Crippen LogP contribution is -2.61. The first-order valence-electron chi connectivity index (χ1n) is 43.2. The fraction of sp³-hybridized carbons (Fsp3) is 0.222. The Morgan fingerprint density at radius 1 is 0.254 bits per heavy atom. The van der Waals surface area contributed by atoms with E-state index in [0.717, 1.165) is 139 Å². The average Bonchev–Trinajstić information content (AvgIpc) is 1.33. The van der Waals surface area contributed by atoms with Gasteiger partial charge in [0.05, 0.1) is 57.0 Å². The minimum Gasteiger partial charge on any atom is -0.310 e. The molecule has 19 rings (SSSR count). The van der Waals surface area contributed by atoms with Gasteiger partial charge in [-0.05, 0) is 220 Å². The van der Waals surface area contributed by atoms with E-state index < -0.39 is 18.2 Å². The van der Waals surface area contributed by atoms with E-state index in [1.165, 1.54) is 49.4 Å². The molecule has 6 heteroatoms. The van der Waals surface area contributed by atoms with Gasteiger partial charge in [0.25, 0.3) is 6.71 Å². The van der Waals surface area contributed by atoms with Crippen LogP contribution in [0.1, 0.15) is 165 Å². The molecule has 0 spiro atoms. The van der Waals surface area contributed by atoms with Crippen molar-refractivity contribution in [2.75, 3.05) is 9.80 Å². The van der Waals surface area contributed by atoms with Crippen molar-refractivity contribution in [3.8, 4) is 50.4 Å². The standard InChI is InChI=1S/C108H102BN5/c1-103(2,3)71-46-53-89-83(58-71)84-59-72(104(4,5)6)47-54-90(84)110(89)78-50-52-88-96(66-78)113(94-44-32-42-80-79-41-31-43-93(101(79)111(102(80)94)77-39-29-22-30-40-77)112-91-55-48-73(105(7,8)9)60-85(91)86-61-74(106(10,11)12)49-56-92(86)112)97-64-76(108(16,17)18)65-98-99(97)109(88)87-51-45-70(67-33-23-19-24-34-67)57-95(87)114(98)100-81(68-35-25-20-26-36-68)62-75(107(13,14)15)63-82(100)69-37-27-21-28-38-69/h19-66H,1-18H3/i19D,23D,24D,33D,34D. The van der Waals surface area contributed by atoms with Crippen molar-refractivity contribution in [2.45, 2.75) is 157 Å². The van der Waals surface area contributed by atoms with E-state index in [4.69, 9.17) is 1.37 Å². The summed E-state index contributed by atoms with van der Waals surface area (Å²) in [6, 6.07) is 96.7. The number of fused-ring (bicyclic) bond motifs is 13. The Hall–Kier alpha value is -11.9. The van der Waals surface area contributed by atoms with Gasteiger partial charge in [-0.1, -0.05) is 300 Å². The van der Waals surface area contributed by atoms with E-state index >= 15 is 0 Å². The monoisotopic (exact) mass is 1480 g/mol. The quantitative estimate of drug-likeness (QED) is 0.141. The van der Waals surface area contributed by atoms with Crippen LogP contribution in [0.3, 0.4) is 0 Å². The molecule has 2 aliphatic rings. The molecule has 0 saturated heterocycles. The smallest absolute Gasteiger partial charge is 0.252 e. The molecule has 0 amide bonds. The summed E-state index contributed by atoms with van der Waals surface area (Å²) in [5.41, 5.74) is 29.8. The first kappa shape index (κ1) is 66.7. The van der Waals surface area contributed by atoms with E-state index in [0.29, 0.717) is 5.56 Å². The second-order valence-corrected chi connectivity index (χ2v) is 38.3. The third-order valence-electron chi connectivity index (χ3n) is 24.6. The van der Waals surface area contributed by atoms with E-state index in [-0.39, 0.29) is 56.8 Å². The summed E-state index contributed by atoms with van der Waals surface area (Å²) < 4.78 is 54.3. The number of aromatic nitrogens is 3. The highest BCUT2D eigenvalue weighted by Gasteiger charge is 2.46. The summed E-state index contributed by atoms with van der Waals surface area (Å²) in [7, 11) is 0. The number of anilines is 6. The third-order valence-corrected chi connectivity index (χ3v) is 24.6. The van der Waals surface area contributed by atoms with Gasteiger partial charge in [-0.25, -0.2) is 0 Å². The van der Waals surface area contributed by atoms with Crippen molar-refractivity contribution in [3.05, 3.63) is 324 Å². The minimum absolute atomic E-state index is 0.0911. The van der Waals surface area contributed by atoms with Crippen LogP contribution in [0.4, 0.5) is 34.1 Å². The molecule has 5 nitrogen and oxygen atoms in total. The fourth-order valence-corrected chi connectivity index (χ4v) is 18.3. The average molecular weight is 1490 g/mol. The number of hydrogen-bond donors (Lipinski definition) is 0. The van der Waals surface area contributed by atoms with Gasteiger partial charge in [0.2, 0.25) is 0 Å². The van der Waals surface area contributed by atoms with Gasteiger partial charge < -0.3 is 23.5 Å². The van der Waals surface area contributed by atoms with Crippen LogP contribution in [0.5, 0.6) is 0 Å². The SMILES string of the molecule is [2H]c1c([2H])c([2H])c(-c2ccc3c(c2)N(c2c(-c4ccccc4)cc(C(C)(C)C)cc2-c2ccccc2)c2cc(C(C)(C)C)cc4c2B3c2ccc(-n3c5ccc(C(C)(C)C)cc5c5cc(C(C)(C)C)ccc53)cc2N4c2cccc3c4cccc(-n5c6ccc(C(C)(C)C)cc6c6cc(C(C)(C)C)ccc65)c4n(-c4ccccc4)c23)c([2H])c1[2H]. The molecule has 0 radical (unpaired) electrons. The van der Waals surface area contributed by atoms with Crippen LogP contribution in [0.2, 0.25) is 0 Å². The second kappa shape index (κ2) is 25.8. The predicted octanol–water partition coefficient (Wildman–Crippen LogP) is 27.8. The van der Waals surface area contributed by atoms with Gasteiger partial charge in [-0.3, -0.25) is 0 Å². The molecule has 3 aromatic heterocycles. The fourth-order valence-electron chi connectivity index (χ4n) is 18.3. The third kappa shape index (κ3) is 11.7. The maximum absolute atomic E-state index is 9.71. The zero-order chi connectivity index (χ0) is 83.5. The molecule has 114 heavy (non-hydrogen) atoms. The van der Waals surface area contributed by atoms with E-state index in [1.807, 2.05) is 6.07 Å². The molecule has 17 aromatic rings. The summed E-state index contributed by atoms with van der Waals surface area (Å²) >= 11 is 0. The lowest BCUT2D eigenvalue weighted by Gasteiger charge is -2.46. The molecule has 14 aromatic carbocycles. The van der Waals surface area contributed by atoms with Crippen LogP contribution in [-0.2, 0) is 32.5 Å². The summed E-state index contributed by atoms with van der Waals surface area (Å²) in [6.07, 6.45) is 0. The molecule has 0 aliphatic carbocycles. The molecule has 0 bridgehead atoms. The topological polar surface area (TPSA) is 21.3 Å². The molecular weight excluding hydrogens is 1380 g/mol. The molecule has 0 N–H and O–H groups in total. The van der Waals surface area contributed by atoms with Crippen molar-refractivity contribution in [2.24, 2.45) is 0 Å². The zero-order valence-electron chi connectivity index (χ0n) is 74.1. The van der Waals surface area contributed by atoms with Gasteiger partial charge in [-0.15, -0.1) is 0 Å². The number of para-hydroxylation sites is 3. The highest BCUT2D eigenvalue weighted by Crippen LogP contribution is 2.55. The van der Waals surface area contributed by atoms with Gasteiger partial charge in [-0.2, -0.15) is 0 Å². The summed E-state index contributed by atoms with van der Waals surface area (Å²) in [5.74, 6) is 0. The molecule has 562 valence electrons. The maximum Gasteiger partial charge on any atom is 0.252 e. The highest BCUT2D eigenvalue weighted by molar-refractivity contribution is 7.00. The van der Waals surface area contributed by atoms with Crippen LogP contribution >= 0.6 is 0 Å². The van der Waals surface area contributed by atoms with Crippen molar-refractivity contribution >= 4 is 123 Å². The summed E-state index contributed by atoms with van der Waals surface area (Å²) in [6.45, 7) is 41.1. The lowest BCUT2D eigenvalue weighted by atomic mass is 9.33. The molecule has 0 saturated carbocycles. The molecule has 5 heterocycles. The Morgan fingerprint density at radius 3 is 1.12 bits per heavy atom. The normalized spacial score (nSPS) is 14.1. The Labute approximate surface area is 680 Å². The van der Waals surface area contributed by atoms with Crippen molar-refractivity contribution in [1.29, 1.82) is 0 Å². The molecular formula is C108H102BN5. The van der Waals surface area contributed by atoms with Crippen LogP contribution in [-0.4, -0.2) is 20.4 Å². The van der Waals surface area contributed by atoms with Crippen LogP contribution in [0, 0.1) is 0 Å². The predicted molar refractivity (Wildman–Crippen MR) is 492 cm³/mol. The van der Waals surface area contributed by atoms with E-state index in [9.17, 15) is 5.48 Å². The Balaban J connectivity index is 0.991. The van der Waals surface area contributed by atoms with Crippen molar-refractivity contribution < 1.29 is 6.85 Å². The largest absolute Gasteiger partial charge is 0.310 e. The number of rotatable bonds is 8. The van der Waals surface area contributed by atoms with Crippen LogP contribution in [0.25, 0.3) is 116 Å². The van der Waals surface area contributed by atoms with Crippen LogP contribution < -0.4 is 26.2 Å². The summed E-state index contributed by atoms with van der Waals surface area (Å²) in [4.78, 5) is 5.15. The highest BCUT2D eigenvalue weighted by atomic mass is 15.2. The molecule has 0 atom stereocenters. The first-order valence-corrected chi connectivity index (χ1v) is 40.7. The van der Waals surface area contributed by atoms with Crippen LogP contribution in [0.15, 0.2) is 291 Å². The van der Waals surface area contributed by atoms with Crippen molar-refractivity contribution in [1.82, 2.24) is 13.7 Å². The van der Waals surface area contributed by atoms with E-state index in [2.05, 4.69) is 403 Å². The Bertz CT molecular complexity index is 6870. The van der Waals surface area contributed by atoms with Gasteiger partial charge >= 0.3 is 0 Å². The van der Waals surface area contributed by atoms with Crippen molar-refractivity contribution in [3.63, 3.8) is 0 Å². The Morgan fingerprint density at radius 2 is 0.658 bits per heavy atom.